The molecule has 176 valence electrons. The van der Waals surface area contributed by atoms with Gasteiger partial charge in [-0.1, -0.05) is 30.7 Å². The molecule has 8 nitrogen and oxygen atoms in total. The third-order valence-corrected chi connectivity index (χ3v) is 10.2. The number of benzene rings is 2. The topological polar surface area (TPSA) is 105 Å². The minimum atomic E-state index is -3.90. The highest BCUT2D eigenvalue weighted by atomic mass is 35.5. The van der Waals surface area contributed by atoms with Gasteiger partial charge in [-0.15, -0.1) is 11.8 Å². The molecule has 2 aromatic rings. The smallest absolute Gasteiger partial charge is 0.318 e. The number of halogens is 2. The van der Waals surface area contributed by atoms with Gasteiger partial charge in [0.05, 0.1) is 23.4 Å². The highest BCUT2D eigenvalue weighted by molar-refractivity contribution is 8.14. The lowest BCUT2D eigenvalue weighted by Crippen LogP contribution is -2.44. The summed E-state index contributed by atoms with van der Waals surface area (Å²) in [5, 5.41) is 1.98. The van der Waals surface area contributed by atoms with E-state index in [4.69, 9.17) is 16.3 Å². The number of nitrogens with zero attached hydrogens (tertiary/aromatic N) is 1. The van der Waals surface area contributed by atoms with E-state index in [0.717, 1.165) is 22.2 Å². The maximum Gasteiger partial charge on any atom is 0.318 e. The molecule has 0 bridgehead atoms. The number of carbonyl (C=O) groups excluding carboxylic acids is 2. The Balaban J connectivity index is 1.59. The molecule has 1 saturated heterocycles. The second kappa shape index (κ2) is 9.13. The summed E-state index contributed by atoms with van der Waals surface area (Å²) in [5.74, 6) is -2.24. The lowest BCUT2D eigenvalue weighted by Gasteiger charge is -2.25. The Morgan fingerprint density at radius 2 is 2.06 bits per heavy atom. The Bertz CT molecular complexity index is 1210. The van der Waals surface area contributed by atoms with Crippen molar-refractivity contribution < 1.29 is 27.1 Å². The molecule has 0 aromatic heterocycles. The van der Waals surface area contributed by atoms with Crippen molar-refractivity contribution >= 4 is 56.6 Å². The van der Waals surface area contributed by atoms with Gasteiger partial charge in [-0.25, -0.2) is 22.6 Å². The average molecular weight is 514 g/mol. The van der Waals surface area contributed by atoms with E-state index in [9.17, 15) is 22.4 Å². The predicted octanol–water partition coefficient (Wildman–Crippen LogP) is 3.53. The molecule has 33 heavy (non-hydrogen) atoms. The van der Waals surface area contributed by atoms with Gasteiger partial charge in [0.2, 0.25) is 0 Å². The molecule has 0 aliphatic carbocycles. The van der Waals surface area contributed by atoms with E-state index in [1.54, 1.807) is 19.1 Å². The molecule has 1 amide bonds. The number of thioether (sulfide) groups is 1. The Hall–Kier alpha value is -2.34. The number of rotatable bonds is 5. The lowest BCUT2D eigenvalue weighted by molar-refractivity contribution is -0.140. The fourth-order valence-corrected chi connectivity index (χ4v) is 8.30. The summed E-state index contributed by atoms with van der Waals surface area (Å²) >= 11 is 7.03. The number of anilines is 2. The van der Waals surface area contributed by atoms with Crippen molar-refractivity contribution in [1.82, 2.24) is 5.43 Å². The van der Waals surface area contributed by atoms with Crippen LogP contribution in [0.3, 0.4) is 0 Å². The number of hydrogen-bond donors (Lipinski definition) is 2. The van der Waals surface area contributed by atoms with E-state index in [1.165, 1.54) is 25.3 Å². The molecule has 1 fully saturated rings. The number of amides is 1. The Morgan fingerprint density at radius 3 is 2.76 bits per heavy atom. The van der Waals surface area contributed by atoms with Crippen LogP contribution < -0.4 is 15.2 Å². The quantitative estimate of drug-likeness (QED) is 0.589. The van der Waals surface area contributed by atoms with Crippen LogP contribution in [0.15, 0.2) is 36.4 Å². The monoisotopic (exact) mass is 513 g/mol. The zero-order valence-electron chi connectivity index (χ0n) is 17.7. The lowest BCUT2D eigenvalue weighted by atomic mass is 10.1. The maximum atomic E-state index is 14.1. The number of carbonyl (C=O) groups is 2. The molecule has 4 rings (SSSR count). The molecule has 2 heterocycles. The molecule has 0 saturated carbocycles. The molecule has 12 heteroatoms. The third kappa shape index (κ3) is 4.42. The van der Waals surface area contributed by atoms with Crippen LogP contribution >= 0.6 is 23.4 Å². The average Bonchev–Trinajstić information content (AvgIpc) is 3.37. The molecule has 2 N–H and O–H groups in total. The van der Waals surface area contributed by atoms with Gasteiger partial charge in [0.1, 0.15) is 15.6 Å². The van der Waals surface area contributed by atoms with Crippen LogP contribution in [0.1, 0.15) is 29.3 Å². The van der Waals surface area contributed by atoms with Crippen molar-refractivity contribution in [3.05, 3.63) is 58.4 Å². The molecule has 2 aliphatic rings. The van der Waals surface area contributed by atoms with Gasteiger partial charge < -0.3 is 10.1 Å². The van der Waals surface area contributed by atoms with Gasteiger partial charge >= 0.3 is 5.97 Å². The molecule has 2 aliphatic heterocycles. The van der Waals surface area contributed by atoms with E-state index < -0.39 is 37.5 Å². The Labute approximate surface area is 199 Å². The fourth-order valence-electron chi connectivity index (χ4n) is 3.91. The van der Waals surface area contributed by atoms with Crippen molar-refractivity contribution in [2.45, 2.75) is 29.7 Å². The maximum absolute atomic E-state index is 14.1. The summed E-state index contributed by atoms with van der Waals surface area (Å²) < 4.78 is 46.0. The zero-order chi connectivity index (χ0) is 23.9. The van der Waals surface area contributed by atoms with E-state index in [2.05, 4.69) is 10.7 Å². The van der Waals surface area contributed by atoms with Crippen LogP contribution in [0, 0.1) is 11.7 Å². The SMILES string of the molecule is COC(=O)C1CC(C)C(S(=O)(=O)N2NCc3ccc(NC(=O)c4c(F)cccc4Cl)cc32)S1. The van der Waals surface area contributed by atoms with Crippen LogP contribution in [0.5, 0.6) is 0 Å². The molecule has 3 atom stereocenters. The number of methoxy groups -OCH3 is 1. The van der Waals surface area contributed by atoms with Crippen molar-refractivity contribution in [2.24, 2.45) is 5.92 Å². The summed E-state index contributed by atoms with van der Waals surface area (Å²) in [5.41, 5.74) is 3.91. The van der Waals surface area contributed by atoms with Crippen LogP contribution in [-0.2, 0) is 26.1 Å². The molecule has 0 spiro atoms. The van der Waals surface area contributed by atoms with Crippen LogP contribution in [0.4, 0.5) is 15.8 Å². The zero-order valence-corrected chi connectivity index (χ0v) is 20.1. The molecular formula is C21H21ClFN3O5S2. The van der Waals surface area contributed by atoms with Gasteiger partial charge in [0.25, 0.3) is 15.9 Å². The molecule has 2 aromatic carbocycles. The van der Waals surface area contributed by atoms with Crippen molar-refractivity contribution in [1.29, 1.82) is 0 Å². The third-order valence-electron chi connectivity index (χ3n) is 5.53. The molecule has 3 unspecified atom stereocenters. The fraction of sp³-hybridized carbons (Fsp3) is 0.333. The van der Waals surface area contributed by atoms with Crippen molar-refractivity contribution in [3.8, 4) is 0 Å². The van der Waals surface area contributed by atoms with Gasteiger partial charge in [0, 0.05) is 12.2 Å². The number of fused-ring (bicyclic) bond motifs is 1. The van der Waals surface area contributed by atoms with E-state index in [0.29, 0.717) is 17.7 Å². The Kier molecular flexibility index (Phi) is 6.59. The summed E-state index contributed by atoms with van der Waals surface area (Å²) in [6, 6.07) is 8.71. The van der Waals surface area contributed by atoms with Crippen LogP contribution in [-0.4, -0.2) is 37.2 Å². The number of hydrazine groups is 1. The first-order valence-electron chi connectivity index (χ1n) is 10.0. The van der Waals surface area contributed by atoms with Crippen LogP contribution in [0.2, 0.25) is 5.02 Å². The highest BCUT2D eigenvalue weighted by Crippen LogP contribution is 2.44. The Morgan fingerprint density at radius 1 is 1.30 bits per heavy atom. The van der Waals surface area contributed by atoms with Gasteiger partial charge in [-0.2, -0.15) is 0 Å². The first-order valence-corrected chi connectivity index (χ1v) is 12.8. The number of sulfonamides is 1. The van der Waals surface area contributed by atoms with E-state index in [-0.39, 0.29) is 28.7 Å². The second-order valence-electron chi connectivity index (χ2n) is 7.77. The minimum absolute atomic E-state index is 0.0352. The standard InChI is InChI=1S/C21H21ClFN3O5S2/c1-11-8-17(20(28)31-2)32-21(11)33(29,30)26-16-9-13(7-6-12(16)10-24-26)25-19(27)18-14(22)4-3-5-15(18)23/h3-7,9,11,17,21,24H,8,10H2,1-2H3,(H,25,27). The highest BCUT2D eigenvalue weighted by Gasteiger charge is 2.47. The summed E-state index contributed by atoms with van der Waals surface area (Å²) in [4.78, 5) is 24.5. The number of ether oxygens (including phenoxy) is 1. The van der Waals surface area contributed by atoms with Crippen molar-refractivity contribution in [2.75, 3.05) is 16.8 Å². The van der Waals surface area contributed by atoms with Gasteiger partial charge in [-0.05, 0) is 42.2 Å². The van der Waals surface area contributed by atoms with Crippen molar-refractivity contribution in [3.63, 3.8) is 0 Å². The van der Waals surface area contributed by atoms with Crippen LogP contribution in [0.25, 0.3) is 0 Å². The number of esters is 1. The number of nitrogens with one attached hydrogen (secondary N) is 2. The summed E-state index contributed by atoms with van der Waals surface area (Å²) in [6.07, 6.45) is 0.390. The predicted molar refractivity (Wildman–Crippen MR) is 125 cm³/mol. The molecule has 0 radical (unpaired) electrons. The molecular weight excluding hydrogens is 493 g/mol. The first kappa shape index (κ1) is 23.8. The summed E-state index contributed by atoms with van der Waals surface area (Å²) in [7, 11) is -2.63. The second-order valence-corrected chi connectivity index (χ2v) is 11.7. The minimum Gasteiger partial charge on any atom is -0.468 e. The van der Waals surface area contributed by atoms with E-state index in [1.807, 2.05) is 0 Å². The summed E-state index contributed by atoms with van der Waals surface area (Å²) in [6.45, 7) is 2.05. The van der Waals surface area contributed by atoms with Gasteiger partial charge in [0.15, 0.2) is 0 Å². The normalized spacial score (nSPS) is 22.2. The first-order chi connectivity index (χ1) is 15.6. The van der Waals surface area contributed by atoms with E-state index >= 15 is 0 Å². The largest absolute Gasteiger partial charge is 0.468 e. The van der Waals surface area contributed by atoms with Gasteiger partial charge in [-0.3, -0.25) is 9.59 Å². The number of hydrogen-bond acceptors (Lipinski definition) is 7.